The summed E-state index contributed by atoms with van der Waals surface area (Å²) in [6.45, 7) is 0. The summed E-state index contributed by atoms with van der Waals surface area (Å²) in [7, 11) is 0. The molecular formula is C22H21ClN4O3S. The number of hydrogen-bond acceptors (Lipinski definition) is 5. The van der Waals surface area contributed by atoms with Crippen LogP contribution in [0.5, 0.6) is 0 Å². The second-order valence-corrected chi connectivity index (χ2v) is 8.77. The van der Waals surface area contributed by atoms with Crippen LogP contribution < -0.4 is 5.56 Å². The summed E-state index contributed by atoms with van der Waals surface area (Å²) in [5.74, 6) is 0.115. The van der Waals surface area contributed by atoms with Crippen LogP contribution in [0.15, 0.2) is 52.7 Å². The zero-order valence-corrected chi connectivity index (χ0v) is 18.2. The van der Waals surface area contributed by atoms with Crippen LogP contribution in [0.25, 0.3) is 5.57 Å². The number of H-pyrrole nitrogens is 2. The first-order valence-corrected chi connectivity index (χ1v) is 11.3. The molecule has 3 aromatic rings. The zero-order chi connectivity index (χ0) is 21.8. The van der Waals surface area contributed by atoms with Gasteiger partial charge in [0.05, 0.1) is 0 Å². The van der Waals surface area contributed by atoms with Gasteiger partial charge >= 0.3 is 5.97 Å². The predicted molar refractivity (Wildman–Crippen MR) is 121 cm³/mol. The van der Waals surface area contributed by atoms with Crippen LogP contribution in [0.3, 0.4) is 0 Å². The Kier molecular flexibility index (Phi) is 6.58. The average molecular weight is 457 g/mol. The van der Waals surface area contributed by atoms with E-state index in [2.05, 4.69) is 20.2 Å². The Morgan fingerprint density at radius 3 is 2.77 bits per heavy atom. The third-order valence-electron chi connectivity index (χ3n) is 5.12. The van der Waals surface area contributed by atoms with E-state index in [0.29, 0.717) is 34.0 Å². The average Bonchev–Trinajstić information content (AvgIpc) is 3.45. The maximum Gasteiger partial charge on any atom is 0.303 e. The van der Waals surface area contributed by atoms with Gasteiger partial charge in [0.25, 0.3) is 5.56 Å². The van der Waals surface area contributed by atoms with Gasteiger partial charge in [0.15, 0.2) is 5.16 Å². The number of halogens is 1. The van der Waals surface area contributed by atoms with E-state index in [1.54, 1.807) is 0 Å². The molecule has 0 bridgehead atoms. The molecule has 0 spiro atoms. The van der Waals surface area contributed by atoms with Crippen LogP contribution in [-0.4, -0.2) is 37.0 Å². The number of hydrogen-bond donors (Lipinski definition) is 3. The number of carboxylic acids is 1. The minimum Gasteiger partial charge on any atom is -0.481 e. The summed E-state index contributed by atoms with van der Waals surface area (Å²) < 4.78 is 0. The number of aromatic nitrogens is 4. The highest BCUT2D eigenvalue weighted by atomic mass is 35.5. The number of aryl methyl sites for hydroxylation is 1. The van der Waals surface area contributed by atoms with Crippen molar-refractivity contribution in [2.45, 2.75) is 36.8 Å². The molecular weight excluding hydrogens is 436 g/mol. The molecule has 0 atom stereocenters. The largest absolute Gasteiger partial charge is 0.481 e. The Balaban J connectivity index is 1.64. The summed E-state index contributed by atoms with van der Waals surface area (Å²) in [5, 5.41) is 16.8. The van der Waals surface area contributed by atoms with E-state index >= 15 is 0 Å². The van der Waals surface area contributed by atoms with Crippen LogP contribution in [-0.2, 0) is 11.2 Å². The lowest BCUT2D eigenvalue weighted by Gasteiger charge is -2.12. The summed E-state index contributed by atoms with van der Waals surface area (Å²) in [6.07, 6.45) is 5.97. The van der Waals surface area contributed by atoms with Gasteiger partial charge < -0.3 is 10.1 Å². The standard InChI is InChI=1S/C22H21ClN4O3S/c23-18-11-15(4-3-14(18)5-8-20(28)29)16(9-10-31-22-24-12-25-27-22)19-7-6-17(13-1-2-13)21(30)26-19/h3-4,6-7,9,11-13H,1-2,5,8,10H2,(H,26,30)(H,28,29)(H,24,25,27)/b16-9+. The Bertz CT molecular complexity index is 1170. The van der Waals surface area contributed by atoms with Gasteiger partial charge in [-0.3, -0.25) is 14.7 Å². The van der Waals surface area contributed by atoms with Gasteiger partial charge in [-0.25, -0.2) is 4.98 Å². The van der Waals surface area contributed by atoms with Crippen molar-refractivity contribution in [3.8, 4) is 0 Å². The second kappa shape index (κ2) is 9.53. The monoisotopic (exact) mass is 456 g/mol. The quantitative estimate of drug-likeness (QED) is 0.414. The smallest absolute Gasteiger partial charge is 0.303 e. The van der Waals surface area contributed by atoms with E-state index in [1.165, 1.54) is 18.1 Å². The minimum atomic E-state index is -0.863. The molecule has 3 N–H and O–H groups in total. The Morgan fingerprint density at radius 1 is 1.29 bits per heavy atom. The molecule has 1 aromatic carbocycles. The van der Waals surface area contributed by atoms with E-state index in [9.17, 15) is 9.59 Å². The summed E-state index contributed by atoms with van der Waals surface area (Å²) in [5.41, 5.74) is 3.96. The van der Waals surface area contributed by atoms with Gasteiger partial charge in [-0.15, -0.1) is 0 Å². The van der Waals surface area contributed by atoms with Crippen molar-refractivity contribution in [2.75, 3.05) is 5.75 Å². The lowest BCUT2D eigenvalue weighted by molar-refractivity contribution is -0.136. The van der Waals surface area contributed by atoms with E-state index in [0.717, 1.165) is 35.1 Å². The maximum absolute atomic E-state index is 12.6. The number of benzene rings is 1. The molecule has 1 aliphatic carbocycles. The first kappa shape index (κ1) is 21.4. The second-order valence-electron chi connectivity index (χ2n) is 7.35. The molecule has 0 radical (unpaired) electrons. The van der Waals surface area contributed by atoms with Crippen molar-refractivity contribution in [3.05, 3.63) is 80.5 Å². The topological polar surface area (TPSA) is 112 Å². The molecule has 1 fully saturated rings. The Labute approximate surface area is 188 Å². The van der Waals surface area contributed by atoms with Gasteiger partial charge in [-0.05, 0) is 48.4 Å². The predicted octanol–water partition coefficient (Wildman–Crippen LogP) is 4.27. The third kappa shape index (κ3) is 5.45. The van der Waals surface area contributed by atoms with Gasteiger partial charge in [0.1, 0.15) is 6.33 Å². The number of aliphatic carboxylic acids is 1. The number of carboxylic acid groups (broad SMARTS) is 1. The molecule has 160 valence electrons. The van der Waals surface area contributed by atoms with Crippen LogP contribution in [0.1, 0.15) is 47.6 Å². The molecule has 1 saturated carbocycles. The Hall–Kier alpha value is -2.84. The molecule has 31 heavy (non-hydrogen) atoms. The van der Waals surface area contributed by atoms with E-state index in [-0.39, 0.29) is 12.0 Å². The van der Waals surface area contributed by atoms with Gasteiger partial charge in [-0.1, -0.05) is 47.6 Å². The summed E-state index contributed by atoms with van der Waals surface area (Å²) >= 11 is 7.94. The fourth-order valence-corrected chi connectivity index (χ4v) is 4.29. The highest BCUT2D eigenvalue weighted by Gasteiger charge is 2.26. The van der Waals surface area contributed by atoms with E-state index < -0.39 is 5.97 Å². The SMILES string of the molecule is O=C(O)CCc1ccc(/C(=C\CSc2ncn[nH]2)c2ccc(C3CC3)c(=O)[nH]2)cc1Cl. The molecule has 0 saturated heterocycles. The molecule has 4 rings (SSSR count). The highest BCUT2D eigenvalue weighted by molar-refractivity contribution is 7.99. The number of thioether (sulfide) groups is 1. The molecule has 9 heteroatoms. The van der Waals surface area contributed by atoms with Gasteiger partial charge in [0, 0.05) is 34.0 Å². The highest BCUT2D eigenvalue weighted by Crippen LogP contribution is 2.38. The molecule has 0 aliphatic heterocycles. The third-order valence-corrected chi connectivity index (χ3v) is 6.28. The molecule has 7 nitrogen and oxygen atoms in total. The van der Waals surface area contributed by atoms with E-state index in [1.807, 2.05) is 36.4 Å². The first-order chi connectivity index (χ1) is 15.0. The maximum atomic E-state index is 12.6. The van der Waals surface area contributed by atoms with Crippen molar-refractivity contribution in [3.63, 3.8) is 0 Å². The molecule has 0 unspecified atom stereocenters. The van der Waals surface area contributed by atoms with Gasteiger partial charge in [-0.2, -0.15) is 5.10 Å². The number of nitrogens with zero attached hydrogens (tertiary/aromatic N) is 2. The molecule has 0 amide bonds. The summed E-state index contributed by atoms with van der Waals surface area (Å²) in [4.78, 5) is 30.6. The summed E-state index contributed by atoms with van der Waals surface area (Å²) in [6, 6.07) is 9.41. The number of nitrogens with one attached hydrogen (secondary N) is 2. The number of pyridine rings is 1. The Morgan fingerprint density at radius 2 is 2.13 bits per heavy atom. The van der Waals surface area contributed by atoms with Gasteiger partial charge in [0.2, 0.25) is 0 Å². The van der Waals surface area contributed by atoms with Crippen molar-refractivity contribution in [1.29, 1.82) is 0 Å². The number of carbonyl (C=O) groups is 1. The number of aromatic amines is 2. The van der Waals surface area contributed by atoms with Crippen LogP contribution >= 0.6 is 23.4 Å². The lowest BCUT2D eigenvalue weighted by Crippen LogP contribution is -2.13. The lowest BCUT2D eigenvalue weighted by atomic mass is 9.98. The molecule has 1 aliphatic rings. The normalized spacial score (nSPS) is 14.0. The van der Waals surface area contributed by atoms with Crippen molar-refractivity contribution in [1.82, 2.24) is 20.2 Å². The first-order valence-electron chi connectivity index (χ1n) is 9.94. The van der Waals surface area contributed by atoms with Crippen LogP contribution in [0, 0.1) is 0 Å². The zero-order valence-electron chi connectivity index (χ0n) is 16.6. The van der Waals surface area contributed by atoms with Crippen molar-refractivity contribution in [2.24, 2.45) is 0 Å². The van der Waals surface area contributed by atoms with Crippen molar-refractivity contribution < 1.29 is 9.90 Å². The van der Waals surface area contributed by atoms with Crippen LogP contribution in [0.4, 0.5) is 0 Å². The molecule has 2 heterocycles. The van der Waals surface area contributed by atoms with Crippen molar-refractivity contribution >= 4 is 34.9 Å². The molecule has 2 aromatic heterocycles. The fraction of sp³-hybridized carbons (Fsp3) is 0.273. The number of rotatable bonds is 9. The van der Waals surface area contributed by atoms with E-state index in [4.69, 9.17) is 16.7 Å². The minimum absolute atomic E-state index is 0.0194. The van der Waals surface area contributed by atoms with Crippen LogP contribution in [0.2, 0.25) is 5.02 Å². The fourth-order valence-electron chi connectivity index (χ4n) is 3.37.